The van der Waals surface area contributed by atoms with Gasteiger partial charge in [-0.05, 0) is 67.5 Å². The number of aromatic amines is 1. The number of hydrogen-bond acceptors (Lipinski definition) is 4. The van der Waals surface area contributed by atoms with Crippen molar-refractivity contribution in [3.05, 3.63) is 35.5 Å². The van der Waals surface area contributed by atoms with Crippen LogP contribution in [-0.4, -0.2) is 53.7 Å². The summed E-state index contributed by atoms with van der Waals surface area (Å²) in [6.07, 6.45) is 6.21. The highest BCUT2D eigenvalue weighted by Crippen LogP contribution is 2.35. The van der Waals surface area contributed by atoms with E-state index in [0.717, 1.165) is 36.4 Å². The molecule has 6 rings (SSSR count). The third kappa shape index (κ3) is 2.89. The minimum atomic E-state index is 0.188. The van der Waals surface area contributed by atoms with Crippen LogP contribution in [0.5, 0.6) is 0 Å². The van der Waals surface area contributed by atoms with Crippen LogP contribution in [0, 0.1) is 11.8 Å². The van der Waals surface area contributed by atoms with Crippen LogP contribution in [0.15, 0.2) is 24.3 Å². The highest BCUT2D eigenvalue weighted by molar-refractivity contribution is 6.06. The molecule has 1 N–H and O–H groups in total. The third-order valence-electron chi connectivity index (χ3n) is 6.40. The molecule has 0 radical (unpaired) electrons. The van der Waals surface area contributed by atoms with Crippen molar-refractivity contribution in [3.8, 4) is 0 Å². The fourth-order valence-corrected chi connectivity index (χ4v) is 4.87. The maximum atomic E-state index is 12.9. The monoisotopic (exact) mass is 351 g/mol. The van der Waals surface area contributed by atoms with Gasteiger partial charge in [0, 0.05) is 18.4 Å². The molecule has 1 aromatic carbocycles. The first-order valence-corrected chi connectivity index (χ1v) is 9.79. The standard InChI is InChI=1S/C21H25N3O2/c25-20(12-17-13-24-7-3-14(17)4-8-24)21-18-2-1-16(11-19(18)22-23-21)15-5-9-26-10-6-15/h1-2,5,11,14,17H,3-4,6-10,12-13H2,(H,22,23)/t17-/m0/s1. The number of nitrogens with zero attached hydrogens (tertiary/aromatic N) is 2. The number of carbonyl (C=O) groups is 1. The lowest BCUT2D eigenvalue weighted by atomic mass is 9.76. The number of ether oxygens (including phenoxy) is 1. The number of H-pyrrole nitrogens is 1. The number of nitrogens with one attached hydrogen (secondary N) is 1. The molecule has 136 valence electrons. The van der Waals surface area contributed by atoms with Gasteiger partial charge >= 0.3 is 0 Å². The molecule has 3 fully saturated rings. The smallest absolute Gasteiger partial charge is 0.184 e. The van der Waals surface area contributed by atoms with Crippen molar-refractivity contribution in [2.24, 2.45) is 11.8 Å². The molecule has 2 aromatic rings. The molecule has 1 atom stereocenters. The number of Topliss-reactive ketones (excluding diaryl/α,β-unsaturated/α-hetero) is 1. The first-order valence-electron chi connectivity index (χ1n) is 9.79. The zero-order valence-corrected chi connectivity index (χ0v) is 15.0. The average Bonchev–Trinajstić information content (AvgIpc) is 3.13. The second kappa shape index (κ2) is 6.63. The Labute approximate surface area is 153 Å². The van der Waals surface area contributed by atoms with Crippen molar-refractivity contribution in [1.82, 2.24) is 15.1 Å². The van der Waals surface area contributed by atoms with Crippen LogP contribution >= 0.6 is 0 Å². The van der Waals surface area contributed by atoms with Gasteiger partial charge in [0.25, 0.3) is 0 Å². The molecule has 5 nitrogen and oxygen atoms in total. The minimum absolute atomic E-state index is 0.188. The van der Waals surface area contributed by atoms with Crippen molar-refractivity contribution >= 4 is 22.3 Å². The van der Waals surface area contributed by atoms with Gasteiger partial charge in [0.15, 0.2) is 5.78 Å². The Morgan fingerprint density at radius 3 is 2.92 bits per heavy atom. The maximum Gasteiger partial charge on any atom is 0.184 e. The Bertz CT molecular complexity index is 861. The molecule has 4 aliphatic rings. The van der Waals surface area contributed by atoms with E-state index >= 15 is 0 Å². The summed E-state index contributed by atoms with van der Waals surface area (Å²) in [4.78, 5) is 15.4. The molecule has 5 heteroatoms. The van der Waals surface area contributed by atoms with Crippen LogP contribution in [0.4, 0.5) is 0 Å². The van der Waals surface area contributed by atoms with Gasteiger partial charge in [-0.1, -0.05) is 12.1 Å². The predicted molar refractivity (Wildman–Crippen MR) is 101 cm³/mol. The lowest BCUT2D eigenvalue weighted by Crippen LogP contribution is -2.47. The van der Waals surface area contributed by atoms with E-state index in [-0.39, 0.29) is 5.78 Å². The summed E-state index contributed by atoms with van der Waals surface area (Å²) in [5.41, 5.74) is 4.07. The second-order valence-corrected chi connectivity index (χ2v) is 7.91. The highest BCUT2D eigenvalue weighted by atomic mass is 16.5. The first kappa shape index (κ1) is 16.2. The van der Waals surface area contributed by atoms with Crippen molar-refractivity contribution in [2.45, 2.75) is 25.7 Å². The van der Waals surface area contributed by atoms with E-state index in [1.54, 1.807) is 0 Å². The zero-order valence-electron chi connectivity index (χ0n) is 15.0. The number of hydrogen-bond donors (Lipinski definition) is 1. The van der Waals surface area contributed by atoms with Crippen LogP contribution < -0.4 is 0 Å². The van der Waals surface area contributed by atoms with Crippen LogP contribution in [-0.2, 0) is 4.74 Å². The van der Waals surface area contributed by atoms with E-state index in [0.29, 0.717) is 24.6 Å². The minimum Gasteiger partial charge on any atom is -0.377 e. The molecule has 0 amide bonds. The molecular weight excluding hydrogens is 326 g/mol. The number of carbonyl (C=O) groups excluding carboxylic acids is 1. The Morgan fingerprint density at radius 1 is 1.31 bits per heavy atom. The van der Waals surface area contributed by atoms with Gasteiger partial charge in [-0.2, -0.15) is 5.10 Å². The molecule has 2 bridgehead atoms. The van der Waals surface area contributed by atoms with Crippen LogP contribution in [0.3, 0.4) is 0 Å². The normalized spacial score (nSPS) is 28.3. The number of rotatable bonds is 4. The van der Waals surface area contributed by atoms with Gasteiger partial charge in [0.05, 0.1) is 18.7 Å². The van der Waals surface area contributed by atoms with Crippen LogP contribution in [0.25, 0.3) is 16.5 Å². The van der Waals surface area contributed by atoms with E-state index < -0.39 is 0 Å². The molecule has 0 saturated carbocycles. The van der Waals surface area contributed by atoms with Gasteiger partial charge in [-0.25, -0.2) is 0 Å². The van der Waals surface area contributed by atoms with E-state index in [1.807, 2.05) is 6.07 Å². The lowest BCUT2D eigenvalue weighted by molar-refractivity contribution is 0.0440. The summed E-state index contributed by atoms with van der Waals surface area (Å²) in [7, 11) is 0. The Balaban J connectivity index is 1.37. The fraction of sp³-hybridized carbons (Fsp3) is 0.524. The van der Waals surface area contributed by atoms with E-state index in [1.165, 1.54) is 37.1 Å². The summed E-state index contributed by atoms with van der Waals surface area (Å²) in [5.74, 6) is 1.41. The van der Waals surface area contributed by atoms with E-state index in [2.05, 4.69) is 33.3 Å². The number of ketones is 1. The number of aromatic nitrogens is 2. The molecule has 0 unspecified atom stereocenters. The molecule has 5 heterocycles. The fourth-order valence-electron chi connectivity index (χ4n) is 4.87. The van der Waals surface area contributed by atoms with Crippen LogP contribution in [0.2, 0.25) is 0 Å². The molecule has 3 saturated heterocycles. The first-order chi connectivity index (χ1) is 12.8. The Morgan fingerprint density at radius 2 is 2.19 bits per heavy atom. The summed E-state index contributed by atoms with van der Waals surface area (Å²) in [6, 6.07) is 6.28. The van der Waals surface area contributed by atoms with Gasteiger partial charge in [-0.15, -0.1) is 0 Å². The average molecular weight is 351 g/mol. The largest absolute Gasteiger partial charge is 0.377 e. The quantitative estimate of drug-likeness (QED) is 0.859. The third-order valence-corrected chi connectivity index (χ3v) is 6.40. The molecule has 4 aliphatic heterocycles. The topological polar surface area (TPSA) is 58.2 Å². The predicted octanol–water partition coefficient (Wildman–Crippen LogP) is 3.28. The van der Waals surface area contributed by atoms with Crippen molar-refractivity contribution in [3.63, 3.8) is 0 Å². The lowest BCUT2D eigenvalue weighted by Gasteiger charge is -2.44. The number of fused-ring (bicyclic) bond motifs is 4. The zero-order chi connectivity index (χ0) is 17.5. The van der Waals surface area contributed by atoms with E-state index in [4.69, 9.17) is 4.74 Å². The van der Waals surface area contributed by atoms with Gasteiger partial charge in [0.1, 0.15) is 5.69 Å². The molecular formula is C21H25N3O2. The molecule has 0 aliphatic carbocycles. The van der Waals surface area contributed by atoms with Gasteiger partial charge in [-0.3, -0.25) is 9.89 Å². The molecule has 26 heavy (non-hydrogen) atoms. The molecule has 0 spiro atoms. The summed E-state index contributed by atoms with van der Waals surface area (Å²) < 4.78 is 5.39. The summed E-state index contributed by atoms with van der Waals surface area (Å²) in [5, 5.41) is 8.41. The number of benzene rings is 1. The maximum absolute atomic E-state index is 12.9. The summed E-state index contributed by atoms with van der Waals surface area (Å²) in [6.45, 7) is 4.96. The molecule has 1 aromatic heterocycles. The second-order valence-electron chi connectivity index (χ2n) is 7.91. The van der Waals surface area contributed by atoms with Crippen molar-refractivity contribution in [2.75, 3.05) is 32.8 Å². The Kier molecular flexibility index (Phi) is 4.14. The van der Waals surface area contributed by atoms with Gasteiger partial charge in [0.2, 0.25) is 0 Å². The SMILES string of the molecule is O=C(C[C@H]1CN2CCC1CC2)c1n[nH]c2cc(C3=CCOCC3)ccc12. The number of piperidine rings is 3. The van der Waals surface area contributed by atoms with Gasteiger partial charge < -0.3 is 9.64 Å². The highest BCUT2D eigenvalue weighted by Gasteiger charge is 2.35. The summed E-state index contributed by atoms with van der Waals surface area (Å²) >= 11 is 0. The van der Waals surface area contributed by atoms with Crippen molar-refractivity contribution < 1.29 is 9.53 Å². The van der Waals surface area contributed by atoms with Crippen molar-refractivity contribution in [1.29, 1.82) is 0 Å². The van der Waals surface area contributed by atoms with Crippen LogP contribution in [0.1, 0.15) is 41.7 Å². The van der Waals surface area contributed by atoms with E-state index in [9.17, 15) is 4.79 Å². The Hall–Kier alpha value is -1.98.